The summed E-state index contributed by atoms with van der Waals surface area (Å²) >= 11 is 0. The molecule has 1 aliphatic heterocycles. The third kappa shape index (κ3) is 5.33. The Hall–Kier alpha value is -3.94. The van der Waals surface area contributed by atoms with Crippen LogP contribution < -0.4 is 5.32 Å². The predicted molar refractivity (Wildman–Crippen MR) is 127 cm³/mol. The molecule has 1 saturated heterocycles. The highest BCUT2D eigenvalue weighted by Crippen LogP contribution is 2.23. The van der Waals surface area contributed by atoms with Crippen molar-refractivity contribution in [3.63, 3.8) is 0 Å². The number of rotatable bonds is 8. The fourth-order valence-corrected chi connectivity index (χ4v) is 4.13. The Morgan fingerprint density at radius 2 is 1.74 bits per heavy atom. The lowest BCUT2D eigenvalue weighted by atomic mass is 10.1. The van der Waals surface area contributed by atoms with Crippen molar-refractivity contribution in [3.05, 3.63) is 77.6 Å². The third-order valence-electron chi connectivity index (χ3n) is 5.96. The van der Waals surface area contributed by atoms with Crippen molar-refractivity contribution in [1.29, 1.82) is 0 Å². The van der Waals surface area contributed by atoms with Gasteiger partial charge in [-0.25, -0.2) is 4.68 Å². The van der Waals surface area contributed by atoms with Crippen LogP contribution in [0.2, 0.25) is 0 Å². The summed E-state index contributed by atoms with van der Waals surface area (Å²) in [4.78, 5) is 39.0. The molecule has 0 bridgehead atoms. The average Bonchev–Trinajstić information content (AvgIpc) is 3.36. The van der Waals surface area contributed by atoms with E-state index in [0.29, 0.717) is 24.5 Å². The van der Waals surface area contributed by atoms with Crippen LogP contribution in [0, 0.1) is 19.8 Å². The van der Waals surface area contributed by atoms with Gasteiger partial charge in [0.15, 0.2) is 6.61 Å². The summed E-state index contributed by atoms with van der Waals surface area (Å²) in [6.45, 7) is 4.12. The summed E-state index contributed by atoms with van der Waals surface area (Å²) in [5.74, 6) is -1.60. The minimum Gasteiger partial charge on any atom is -0.455 e. The van der Waals surface area contributed by atoms with Crippen LogP contribution in [-0.2, 0) is 25.5 Å². The van der Waals surface area contributed by atoms with E-state index in [1.165, 1.54) is 0 Å². The summed E-state index contributed by atoms with van der Waals surface area (Å²) in [7, 11) is 0. The molecular formula is C26H28N4O4. The zero-order valence-electron chi connectivity index (χ0n) is 19.4. The number of aromatic nitrogens is 2. The Balaban J connectivity index is 1.28. The molecule has 8 nitrogen and oxygen atoms in total. The standard InChI is InChI=1S/C26H28N4O4/c1-18-25(19(2)30(28-18)22-11-7-4-8-12-22)27-23(31)17-34-26(33)21-15-24(32)29(16-21)14-13-20-9-5-3-6-10-20/h3-12,21H,13-17H2,1-2H3,(H,27,31)/t21-/m0/s1. The summed E-state index contributed by atoms with van der Waals surface area (Å²) in [6, 6.07) is 19.5. The predicted octanol–water partition coefficient (Wildman–Crippen LogP) is 3.06. The van der Waals surface area contributed by atoms with Crippen LogP contribution in [-0.4, -0.2) is 52.2 Å². The highest BCUT2D eigenvalue weighted by molar-refractivity contribution is 5.94. The second-order valence-electron chi connectivity index (χ2n) is 8.43. The van der Waals surface area contributed by atoms with E-state index in [-0.39, 0.29) is 12.3 Å². The van der Waals surface area contributed by atoms with Crippen molar-refractivity contribution in [2.24, 2.45) is 5.92 Å². The third-order valence-corrected chi connectivity index (χ3v) is 5.96. The van der Waals surface area contributed by atoms with E-state index in [2.05, 4.69) is 10.4 Å². The summed E-state index contributed by atoms with van der Waals surface area (Å²) in [5, 5.41) is 7.29. The van der Waals surface area contributed by atoms with Gasteiger partial charge in [0.25, 0.3) is 5.91 Å². The highest BCUT2D eigenvalue weighted by atomic mass is 16.5. The Labute approximate surface area is 198 Å². The number of ether oxygens (including phenoxy) is 1. The molecular weight excluding hydrogens is 432 g/mol. The molecule has 1 aromatic heterocycles. The number of carbonyl (C=O) groups is 3. The zero-order chi connectivity index (χ0) is 24.1. The van der Waals surface area contributed by atoms with E-state index in [0.717, 1.165) is 23.4 Å². The van der Waals surface area contributed by atoms with Crippen LogP contribution in [0.5, 0.6) is 0 Å². The molecule has 1 aliphatic rings. The smallest absolute Gasteiger partial charge is 0.311 e. The van der Waals surface area contributed by atoms with Gasteiger partial charge in [-0.1, -0.05) is 48.5 Å². The molecule has 0 unspecified atom stereocenters. The van der Waals surface area contributed by atoms with Gasteiger partial charge in [-0.3, -0.25) is 14.4 Å². The SMILES string of the molecule is Cc1nn(-c2ccccc2)c(C)c1NC(=O)COC(=O)[C@H]1CC(=O)N(CCc2ccccc2)C1. The number of hydrogen-bond acceptors (Lipinski definition) is 5. The number of carbonyl (C=O) groups excluding carboxylic acids is 3. The number of benzene rings is 2. The first-order valence-corrected chi connectivity index (χ1v) is 11.3. The Bertz CT molecular complexity index is 1170. The highest BCUT2D eigenvalue weighted by Gasteiger charge is 2.35. The molecule has 4 rings (SSSR count). The first-order valence-electron chi connectivity index (χ1n) is 11.3. The van der Waals surface area contributed by atoms with E-state index in [9.17, 15) is 14.4 Å². The summed E-state index contributed by atoms with van der Waals surface area (Å²) < 4.78 is 6.99. The fourth-order valence-electron chi connectivity index (χ4n) is 4.13. The second kappa shape index (κ2) is 10.3. The van der Waals surface area contributed by atoms with Gasteiger partial charge in [-0.2, -0.15) is 5.10 Å². The van der Waals surface area contributed by atoms with Crippen LogP contribution in [0.3, 0.4) is 0 Å². The quantitative estimate of drug-likeness (QED) is 0.522. The van der Waals surface area contributed by atoms with E-state index < -0.39 is 24.4 Å². The van der Waals surface area contributed by atoms with Gasteiger partial charge in [0.2, 0.25) is 5.91 Å². The van der Waals surface area contributed by atoms with Crippen molar-refractivity contribution in [2.45, 2.75) is 26.7 Å². The maximum absolute atomic E-state index is 12.5. The Morgan fingerprint density at radius 1 is 1.06 bits per heavy atom. The van der Waals surface area contributed by atoms with Crippen LogP contribution in [0.4, 0.5) is 5.69 Å². The molecule has 3 aromatic rings. The molecule has 8 heteroatoms. The molecule has 2 amide bonds. The van der Waals surface area contributed by atoms with E-state index in [4.69, 9.17) is 4.74 Å². The van der Waals surface area contributed by atoms with Gasteiger partial charge >= 0.3 is 5.97 Å². The second-order valence-corrected chi connectivity index (χ2v) is 8.43. The topological polar surface area (TPSA) is 93.5 Å². The lowest BCUT2D eigenvalue weighted by Gasteiger charge is -2.16. The number of nitrogens with zero attached hydrogens (tertiary/aromatic N) is 3. The molecule has 0 saturated carbocycles. The molecule has 1 atom stereocenters. The first-order chi connectivity index (χ1) is 16.4. The summed E-state index contributed by atoms with van der Waals surface area (Å²) in [6.07, 6.45) is 0.837. The zero-order valence-corrected chi connectivity index (χ0v) is 19.4. The van der Waals surface area contributed by atoms with Crippen LogP contribution in [0.25, 0.3) is 5.69 Å². The fraction of sp³-hybridized carbons (Fsp3) is 0.308. The van der Waals surface area contributed by atoms with Crippen LogP contribution in [0.1, 0.15) is 23.4 Å². The lowest BCUT2D eigenvalue weighted by molar-refractivity contribution is -0.151. The molecule has 1 fully saturated rings. The summed E-state index contributed by atoms with van der Waals surface area (Å²) in [5.41, 5.74) is 4.06. The van der Waals surface area contributed by atoms with Crippen LogP contribution >= 0.6 is 0 Å². The van der Waals surface area contributed by atoms with Crippen LogP contribution in [0.15, 0.2) is 60.7 Å². The van der Waals surface area contributed by atoms with E-state index in [1.807, 2.05) is 74.5 Å². The number of hydrogen-bond donors (Lipinski definition) is 1. The molecule has 2 heterocycles. The van der Waals surface area contributed by atoms with Crippen molar-refractivity contribution >= 4 is 23.5 Å². The molecule has 2 aromatic carbocycles. The maximum Gasteiger partial charge on any atom is 0.311 e. The molecule has 176 valence electrons. The molecule has 1 N–H and O–H groups in total. The van der Waals surface area contributed by atoms with Crippen molar-refractivity contribution in [2.75, 3.05) is 25.0 Å². The molecule has 0 aliphatic carbocycles. The Morgan fingerprint density at radius 3 is 2.44 bits per heavy atom. The monoisotopic (exact) mass is 460 g/mol. The number of anilines is 1. The van der Waals surface area contributed by atoms with Gasteiger partial charge < -0.3 is 15.0 Å². The van der Waals surface area contributed by atoms with Crippen molar-refractivity contribution < 1.29 is 19.1 Å². The Kier molecular flexibility index (Phi) is 7.06. The normalized spacial score (nSPS) is 15.4. The molecule has 0 radical (unpaired) electrons. The van der Waals surface area contributed by atoms with E-state index >= 15 is 0 Å². The number of nitrogens with one attached hydrogen (secondary N) is 1. The average molecular weight is 461 g/mol. The number of esters is 1. The van der Waals surface area contributed by atoms with Crippen molar-refractivity contribution in [3.8, 4) is 5.69 Å². The number of para-hydroxylation sites is 1. The first kappa shape index (κ1) is 23.2. The van der Waals surface area contributed by atoms with Gasteiger partial charge in [-0.05, 0) is 38.0 Å². The molecule has 34 heavy (non-hydrogen) atoms. The number of aryl methyl sites for hydroxylation is 1. The lowest BCUT2D eigenvalue weighted by Crippen LogP contribution is -2.29. The number of likely N-dealkylation sites (tertiary alicyclic amines) is 1. The van der Waals surface area contributed by atoms with Gasteiger partial charge in [0.1, 0.15) is 0 Å². The molecule has 0 spiro atoms. The number of amides is 2. The van der Waals surface area contributed by atoms with Gasteiger partial charge in [-0.15, -0.1) is 0 Å². The van der Waals surface area contributed by atoms with Gasteiger partial charge in [0.05, 0.1) is 28.7 Å². The largest absolute Gasteiger partial charge is 0.455 e. The maximum atomic E-state index is 12.5. The van der Waals surface area contributed by atoms with Crippen molar-refractivity contribution in [1.82, 2.24) is 14.7 Å². The minimum atomic E-state index is -0.555. The van der Waals surface area contributed by atoms with Gasteiger partial charge in [0, 0.05) is 19.5 Å². The van der Waals surface area contributed by atoms with E-state index in [1.54, 1.807) is 9.58 Å². The minimum absolute atomic E-state index is 0.0677.